The number of aromatic nitrogens is 2. The summed E-state index contributed by atoms with van der Waals surface area (Å²) in [6.45, 7) is 10.5. The van der Waals surface area contributed by atoms with Crippen LogP contribution in [0.5, 0.6) is 5.75 Å². The largest absolute Gasteiger partial charge is 0.492 e. The molecule has 2 rings (SSSR count). The number of carbonyl (C=O) groups is 2. The molecule has 2 aromatic rings. The van der Waals surface area contributed by atoms with Gasteiger partial charge in [0, 0.05) is 12.7 Å². The zero-order valence-corrected chi connectivity index (χ0v) is 16.3. The topological polar surface area (TPSA) is 73.2 Å². The van der Waals surface area contributed by atoms with Crippen LogP contribution >= 0.6 is 0 Å². The van der Waals surface area contributed by atoms with Crippen LogP contribution in [0.4, 0.5) is 0 Å². The Labute approximate surface area is 154 Å². The number of Topliss-reactive ketones (excluding diaryl/α,β-unsaturated/α-hetero) is 1. The fourth-order valence-electron chi connectivity index (χ4n) is 2.68. The second-order valence-corrected chi connectivity index (χ2v) is 7.38. The second-order valence-electron chi connectivity index (χ2n) is 7.38. The smallest absolute Gasteiger partial charge is 0.292 e. The lowest BCUT2D eigenvalue weighted by Crippen LogP contribution is -2.34. The lowest BCUT2D eigenvalue weighted by molar-refractivity contribution is -0.117. The van der Waals surface area contributed by atoms with E-state index in [-0.39, 0.29) is 12.0 Å². The van der Waals surface area contributed by atoms with Crippen molar-refractivity contribution in [2.24, 2.45) is 7.05 Å². The van der Waals surface area contributed by atoms with E-state index in [9.17, 15) is 9.59 Å². The zero-order chi connectivity index (χ0) is 19.5. The molecular formula is C20H27N3O3. The van der Waals surface area contributed by atoms with E-state index >= 15 is 0 Å². The first-order valence-corrected chi connectivity index (χ1v) is 8.67. The van der Waals surface area contributed by atoms with E-state index in [1.807, 2.05) is 24.3 Å². The van der Waals surface area contributed by atoms with E-state index in [0.717, 1.165) is 5.75 Å². The van der Waals surface area contributed by atoms with Gasteiger partial charge in [0.1, 0.15) is 12.4 Å². The van der Waals surface area contributed by atoms with E-state index in [4.69, 9.17) is 4.74 Å². The molecule has 0 spiro atoms. The third kappa shape index (κ3) is 4.50. The van der Waals surface area contributed by atoms with Crippen molar-refractivity contribution in [2.45, 2.75) is 40.0 Å². The Morgan fingerprint density at radius 1 is 1.15 bits per heavy atom. The van der Waals surface area contributed by atoms with Gasteiger partial charge in [0.2, 0.25) is 0 Å². The van der Waals surface area contributed by atoms with E-state index in [1.165, 1.54) is 5.56 Å². The molecule has 0 aliphatic heterocycles. The summed E-state index contributed by atoms with van der Waals surface area (Å²) in [6, 6.07) is 7.89. The van der Waals surface area contributed by atoms with Crippen LogP contribution in [-0.2, 0) is 17.3 Å². The fraction of sp³-hybridized carbons (Fsp3) is 0.450. The predicted molar refractivity (Wildman–Crippen MR) is 101 cm³/mol. The molecule has 6 heteroatoms. The fourth-order valence-corrected chi connectivity index (χ4v) is 2.68. The molecule has 1 heterocycles. The van der Waals surface area contributed by atoms with Crippen LogP contribution < -0.4 is 10.1 Å². The molecule has 0 radical (unpaired) electrons. The Balaban J connectivity index is 1.84. The molecule has 1 amide bonds. The molecule has 0 fully saturated rings. The van der Waals surface area contributed by atoms with Gasteiger partial charge in [0.25, 0.3) is 11.7 Å². The number of ether oxygens (including phenoxy) is 1. The van der Waals surface area contributed by atoms with E-state index in [1.54, 1.807) is 25.6 Å². The van der Waals surface area contributed by atoms with Crippen LogP contribution in [0.3, 0.4) is 0 Å². The summed E-state index contributed by atoms with van der Waals surface area (Å²) in [5, 5.41) is 6.77. The molecule has 1 aromatic heterocycles. The highest BCUT2D eigenvalue weighted by atomic mass is 16.5. The summed E-state index contributed by atoms with van der Waals surface area (Å²) in [5.41, 5.74) is 2.92. The Kier molecular flexibility index (Phi) is 5.85. The average Bonchev–Trinajstić information content (AvgIpc) is 2.82. The van der Waals surface area contributed by atoms with Gasteiger partial charge in [-0.2, -0.15) is 5.10 Å². The molecule has 1 aromatic carbocycles. The molecule has 0 saturated heterocycles. The van der Waals surface area contributed by atoms with Gasteiger partial charge in [0.15, 0.2) is 0 Å². The number of rotatable bonds is 6. The molecule has 0 unspecified atom stereocenters. The van der Waals surface area contributed by atoms with Crippen molar-refractivity contribution < 1.29 is 14.3 Å². The normalized spacial score (nSPS) is 11.3. The SMILES string of the molecule is Cc1nn(C)c(C)c1C(=O)C(=O)NCCOc1ccc(C(C)(C)C)cc1. The summed E-state index contributed by atoms with van der Waals surface area (Å²) in [4.78, 5) is 24.4. The average molecular weight is 357 g/mol. The standard InChI is InChI=1S/C20H27N3O3/c1-13-17(14(2)23(6)22-13)18(24)19(25)21-11-12-26-16-9-7-15(8-10-16)20(3,4)5/h7-10H,11-12H2,1-6H3,(H,21,25). The Morgan fingerprint density at radius 3 is 2.27 bits per heavy atom. The third-order valence-electron chi connectivity index (χ3n) is 4.32. The maximum Gasteiger partial charge on any atom is 0.292 e. The van der Waals surface area contributed by atoms with E-state index in [0.29, 0.717) is 23.6 Å². The molecule has 0 bridgehead atoms. The minimum atomic E-state index is -0.643. The van der Waals surface area contributed by atoms with E-state index in [2.05, 4.69) is 31.2 Å². The highest BCUT2D eigenvalue weighted by Gasteiger charge is 2.23. The van der Waals surface area contributed by atoms with Crippen molar-refractivity contribution in [1.29, 1.82) is 0 Å². The maximum atomic E-state index is 12.3. The molecule has 1 N–H and O–H groups in total. The first-order valence-electron chi connectivity index (χ1n) is 8.67. The summed E-state index contributed by atoms with van der Waals surface area (Å²) in [7, 11) is 1.75. The van der Waals surface area contributed by atoms with Crippen molar-refractivity contribution >= 4 is 11.7 Å². The third-order valence-corrected chi connectivity index (χ3v) is 4.32. The van der Waals surface area contributed by atoms with Gasteiger partial charge in [-0.05, 0) is 37.0 Å². The minimum Gasteiger partial charge on any atom is -0.492 e. The number of carbonyl (C=O) groups excluding carboxylic acids is 2. The highest BCUT2D eigenvalue weighted by Crippen LogP contribution is 2.24. The Morgan fingerprint density at radius 2 is 1.77 bits per heavy atom. The van der Waals surface area contributed by atoms with E-state index < -0.39 is 11.7 Å². The van der Waals surface area contributed by atoms with Gasteiger partial charge >= 0.3 is 0 Å². The number of hydrogen-bond donors (Lipinski definition) is 1. The first-order chi connectivity index (χ1) is 12.1. The van der Waals surface area contributed by atoms with Crippen molar-refractivity contribution in [3.05, 3.63) is 46.8 Å². The van der Waals surface area contributed by atoms with Crippen LogP contribution in [0.2, 0.25) is 0 Å². The van der Waals surface area contributed by atoms with Crippen LogP contribution in [0.25, 0.3) is 0 Å². The van der Waals surface area contributed by atoms with Gasteiger partial charge in [-0.25, -0.2) is 0 Å². The number of hydrogen-bond acceptors (Lipinski definition) is 4. The molecule has 26 heavy (non-hydrogen) atoms. The molecule has 0 aliphatic carbocycles. The van der Waals surface area contributed by atoms with Crippen molar-refractivity contribution in [3.63, 3.8) is 0 Å². The molecule has 0 atom stereocenters. The van der Waals surface area contributed by atoms with Crippen molar-refractivity contribution in [3.8, 4) is 5.75 Å². The number of nitrogens with one attached hydrogen (secondary N) is 1. The van der Waals surface area contributed by atoms with Crippen LogP contribution in [0, 0.1) is 13.8 Å². The number of benzene rings is 1. The molecule has 6 nitrogen and oxygen atoms in total. The second kappa shape index (κ2) is 7.72. The van der Waals surface area contributed by atoms with Gasteiger partial charge in [0.05, 0.1) is 17.8 Å². The summed E-state index contributed by atoms with van der Waals surface area (Å²) in [6.07, 6.45) is 0. The Hall–Kier alpha value is -2.63. The summed E-state index contributed by atoms with van der Waals surface area (Å²) < 4.78 is 7.22. The lowest BCUT2D eigenvalue weighted by Gasteiger charge is -2.19. The minimum absolute atomic E-state index is 0.0927. The highest BCUT2D eigenvalue weighted by molar-refractivity contribution is 6.43. The maximum absolute atomic E-state index is 12.3. The van der Waals surface area contributed by atoms with Gasteiger partial charge < -0.3 is 10.1 Å². The molecular weight excluding hydrogens is 330 g/mol. The quantitative estimate of drug-likeness (QED) is 0.490. The van der Waals surface area contributed by atoms with Crippen molar-refractivity contribution in [2.75, 3.05) is 13.2 Å². The number of ketones is 1. The van der Waals surface area contributed by atoms with Crippen molar-refractivity contribution in [1.82, 2.24) is 15.1 Å². The number of nitrogens with zero attached hydrogens (tertiary/aromatic N) is 2. The number of amides is 1. The molecule has 0 aliphatic rings. The van der Waals surface area contributed by atoms with Gasteiger partial charge in [-0.15, -0.1) is 0 Å². The van der Waals surface area contributed by atoms with Crippen LogP contribution in [0.15, 0.2) is 24.3 Å². The monoisotopic (exact) mass is 357 g/mol. The van der Waals surface area contributed by atoms with Gasteiger partial charge in [-0.1, -0.05) is 32.9 Å². The first kappa shape index (κ1) is 19.7. The van der Waals surface area contributed by atoms with Crippen LogP contribution in [0.1, 0.15) is 48.1 Å². The zero-order valence-electron chi connectivity index (χ0n) is 16.3. The van der Waals surface area contributed by atoms with Gasteiger partial charge in [-0.3, -0.25) is 14.3 Å². The number of aryl methyl sites for hydroxylation is 2. The summed E-state index contributed by atoms with van der Waals surface area (Å²) >= 11 is 0. The molecule has 140 valence electrons. The molecule has 0 saturated carbocycles. The van der Waals surface area contributed by atoms with Crippen LogP contribution in [-0.4, -0.2) is 34.6 Å². The predicted octanol–water partition coefficient (Wildman–Crippen LogP) is 2.71. The lowest BCUT2D eigenvalue weighted by atomic mass is 9.87. The summed E-state index contributed by atoms with van der Waals surface area (Å²) in [5.74, 6) is -0.476. The Bertz CT molecular complexity index is 799.